The van der Waals surface area contributed by atoms with Crippen LogP contribution in [0.5, 0.6) is 0 Å². The van der Waals surface area contributed by atoms with Crippen molar-refractivity contribution >= 4 is 17.5 Å². The minimum absolute atomic E-state index is 0.151. The molecule has 98 valence electrons. The molecule has 6 heteroatoms. The average Bonchev–Trinajstić information content (AvgIpc) is 3.17. The minimum Gasteiger partial charge on any atom is -0.299 e. The second-order valence-corrected chi connectivity index (χ2v) is 5.58. The molecule has 0 amide bonds. The third-order valence-corrected chi connectivity index (χ3v) is 3.99. The first-order valence-electron chi connectivity index (χ1n) is 6.23. The summed E-state index contributed by atoms with van der Waals surface area (Å²) < 4.78 is 2.14. The molecule has 0 radical (unpaired) electrons. The Balaban J connectivity index is 1.94. The van der Waals surface area contributed by atoms with Crippen molar-refractivity contribution in [1.82, 2.24) is 19.7 Å². The predicted molar refractivity (Wildman–Crippen MR) is 72.9 cm³/mol. The third-order valence-electron chi connectivity index (χ3n) is 2.90. The Bertz CT molecular complexity index is 592. The van der Waals surface area contributed by atoms with Crippen molar-refractivity contribution in [3.8, 4) is 11.4 Å². The van der Waals surface area contributed by atoms with Crippen LogP contribution in [0.4, 0.5) is 0 Å². The summed E-state index contributed by atoms with van der Waals surface area (Å²) in [7, 11) is 0. The van der Waals surface area contributed by atoms with Crippen LogP contribution in [-0.4, -0.2) is 31.3 Å². The van der Waals surface area contributed by atoms with Gasteiger partial charge in [-0.05, 0) is 31.9 Å². The fourth-order valence-corrected chi connectivity index (χ4v) is 2.70. The number of pyridine rings is 1. The van der Waals surface area contributed by atoms with Crippen LogP contribution in [0.25, 0.3) is 11.4 Å². The second-order valence-electron chi connectivity index (χ2n) is 4.64. The minimum atomic E-state index is 0.151. The highest BCUT2D eigenvalue weighted by Gasteiger charge is 2.30. The van der Waals surface area contributed by atoms with E-state index in [0.717, 1.165) is 29.4 Å². The molecule has 2 aromatic rings. The van der Waals surface area contributed by atoms with E-state index in [1.807, 2.05) is 12.1 Å². The molecule has 1 saturated carbocycles. The SMILES string of the molecule is CC(=O)CSc1nnc(-c2cccnc2)n1C1CC1. The molecule has 0 bridgehead atoms. The summed E-state index contributed by atoms with van der Waals surface area (Å²) in [5, 5.41) is 9.32. The Labute approximate surface area is 115 Å². The lowest BCUT2D eigenvalue weighted by Gasteiger charge is -2.07. The first-order chi connectivity index (χ1) is 9.25. The fraction of sp³-hybridized carbons (Fsp3) is 0.385. The van der Waals surface area contributed by atoms with E-state index in [-0.39, 0.29) is 5.78 Å². The maximum Gasteiger partial charge on any atom is 0.192 e. The maximum absolute atomic E-state index is 11.1. The van der Waals surface area contributed by atoms with Crippen molar-refractivity contribution in [2.24, 2.45) is 0 Å². The lowest BCUT2D eigenvalue weighted by Crippen LogP contribution is -2.02. The summed E-state index contributed by atoms with van der Waals surface area (Å²) in [5.41, 5.74) is 0.969. The molecule has 2 heterocycles. The number of carbonyl (C=O) groups excluding carboxylic acids is 1. The molecule has 0 aromatic carbocycles. The van der Waals surface area contributed by atoms with E-state index in [4.69, 9.17) is 0 Å². The van der Waals surface area contributed by atoms with Crippen molar-refractivity contribution in [3.05, 3.63) is 24.5 Å². The van der Waals surface area contributed by atoms with Gasteiger partial charge in [-0.25, -0.2) is 0 Å². The molecule has 0 N–H and O–H groups in total. The van der Waals surface area contributed by atoms with E-state index >= 15 is 0 Å². The van der Waals surface area contributed by atoms with Gasteiger partial charge in [0.05, 0.1) is 5.75 Å². The molecule has 5 nitrogen and oxygen atoms in total. The summed E-state index contributed by atoms with van der Waals surface area (Å²) in [5.74, 6) is 1.44. The van der Waals surface area contributed by atoms with E-state index < -0.39 is 0 Å². The number of hydrogen-bond acceptors (Lipinski definition) is 5. The van der Waals surface area contributed by atoms with E-state index in [0.29, 0.717) is 11.8 Å². The molecule has 1 aliphatic rings. The standard InChI is InChI=1S/C13H14N4OS/c1-9(18)8-19-13-16-15-12(17(13)11-4-5-11)10-3-2-6-14-7-10/h2-3,6-7,11H,4-5,8H2,1H3. The quantitative estimate of drug-likeness (QED) is 0.783. The molecular weight excluding hydrogens is 260 g/mol. The molecule has 3 rings (SSSR count). The average molecular weight is 274 g/mol. The first kappa shape index (κ1) is 12.3. The van der Waals surface area contributed by atoms with Gasteiger partial charge in [0.1, 0.15) is 5.78 Å². The highest BCUT2D eigenvalue weighted by molar-refractivity contribution is 7.99. The number of thioether (sulfide) groups is 1. The number of carbonyl (C=O) groups is 1. The summed E-state index contributed by atoms with van der Waals surface area (Å²) in [4.78, 5) is 15.2. The van der Waals surface area contributed by atoms with E-state index in [2.05, 4.69) is 19.7 Å². The Morgan fingerprint density at radius 1 is 1.47 bits per heavy atom. The molecule has 1 aliphatic carbocycles. The molecule has 1 fully saturated rings. The van der Waals surface area contributed by atoms with Crippen LogP contribution in [0.15, 0.2) is 29.7 Å². The van der Waals surface area contributed by atoms with Gasteiger partial charge in [-0.15, -0.1) is 10.2 Å². The topological polar surface area (TPSA) is 60.7 Å². The molecule has 2 aromatic heterocycles. The summed E-state index contributed by atoms with van der Waals surface area (Å²) in [6.45, 7) is 1.59. The van der Waals surface area contributed by atoms with Crippen LogP contribution in [0.3, 0.4) is 0 Å². The van der Waals surface area contributed by atoms with E-state index in [1.54, 1.807) is 19.3 Å². The van der Waals surface area contributed by atoms with Crippen molar-refractivity contribution < 1.29 is 4.79 Å². The number of ketones is 1. The molecule has 0 atom stereocenters. The monoisotopic (exact) mass is 274 g/mol. The zero-order chi connectivity index (χ0) is 13.2. The van der Waals surface area contributed by atoms with Crippen LogP contribution in [0, 0.1) is 0 Å². The van der Waals surface area contributed by atoms with Crippen LogP contribution in [-0.2, 0) is 4.79 Å². The van der Waals surface area contributed by atoms with E-state index in [1.165, 1.54) is 11.8 Å². The second kappa shape index (κ2) is 5.13. The first-order valence-corrected chi connectivity index (χ1v) is 7.22. The molecule has 19 heavy (non-hydrogen) atoms. The van der Waals surface area contributed by atoms with Crippen LogP contribution < -0.4 is 0 Å². The largest absolute Gasteiger partial charge is 0.299 e. The van der Waals surface area contributed by atoms with Crippen molar-refractivity contribution in [2.45, 2.75) is 31.0 Å². The van der Waals surface area contributed by atoms with Gasteiger partial charge in [0, 0.05) is 24.0 Å². The van der Waals surface area contributed by atoms with E-state index in [9.17, 15) is 4.79 Å². The third kappa shape index (κ3) is 2.68. The molecule has 0 spiro atoms. The van der Waals surface area contributed by atoms with Crippen molar-refractivity contribution in [3.63, 3.8) is 0 Å². The summed E-state index contributed by atoms with van der Waals surface area (Å²) in [6, 6.07) is 4.35. The highest BCUT2D eigenvalue weighted by atomic mass is 32.2. The highest BCUT2D eigenvalue weighted by Crippen LogP contribution is 2.40. The number of nitrogens with zero attached hydrogens (tertiary/aromatic N) is 4. The number of rotatable bonds is 5. The van der Waals surface area contributed by atoms with Crippen LogP contribution in [0.2, 0.25) is 0 Å². The van der Waals surface area contributed by atoms with Gasteiger partial charge < -0.3 is 0 Å². The Morgan fingerprint density at radius 3 is 2.95 bits per heavy atom. The zero-order valence-corrected chi connectivity index (χ0v) is 11.4. The van der Waals surface area contributed by atoms with Gasteiger partial charge in [0.15, 0.2) is 11.0 Å². The number of aromatic nitrogens is 4. The molecule has 0 saturated heterocycles. The summed E-state index contributed by atoms with van der Waals surface area (Å²) in [6.07, 6.45) is 5.84. The zero-order valence-electron chi connectivity index (χ0n) is 10.6. The Hall–Kier alpha value is -1.69. The van der Waals surface area contributed by atoms with Crippen molar-refractivity contribution in [2.75, 3.05) is 5.75 Å². The molecular formula is C13H14N4OS. The smallest absolute Gasteiger partial charge is 0.192 e. The van der Waals surface area contributed by atoms with Crippen LogP contribution >= 0.6 is 11.8 Å². The fourth-order valence-electron chi connectivity index (χ4n) is 1.90. The Morgan fingerprint density at radius 2 is 2.32 bits per heavy atom. The lowest BCUT2D eigenvalue weighted by atomic mass is 10.3. The van der Waals surface area contributed by atoms with Gasteiger partial charge in [0.2, 0.25) is 0 Å². The van der Waals surface area contributed by atoms with Gasteiger partial charge in [-0.2, -0.15) is 0 Å². The van der Waals surface area contributed by atoms with Gasteiger partial charge in [-0.3, -0.25) is 14.3 Å². The van der Waals surface area contributed by atoms with Gasteiger partial charge in [-0.1, -0.05) is 11.8 Å². The normalized spacial score (nSPS) is 14.6. The van der Waals surface area contributed by atoms with Crippen molar-refractivity contribution in [1.29, 1.82) is 0 Å². The number of hydrogen-bond donors (Lipinski definition) is 0. The predicted octanol–water partition coefficient (Wildman–Crippen LogP) is 2.36. The van der Waals surface area contributed by atoms with Gasteiger partial charge >= 0.3 is 0 Å². The van der Waals surface area contributed by atoms with Gasteiger partial charge in [0.25, 0.3) is 0 Å². The summed E-state index contributed by atoms with van der Waals surface area (Å²) >= 11 is 1.46. The number of Topliss-reactive ketones (excluding diaryl/α,β-unsaturated/α-hetero) is 1. The lowest BCUT2D eigenvalue weighted by molar-refractivity contribution is -0.114. The molecule has 0 aliphatic heterocycles. The van der Waals surface area contributed by atoms with Crippen LogP contribution in [0.1, 0.15) is 25.8 Å². The molecule has 0 unspecified atom stereocenters. The Kier molecular flexibility index (Phi) is 3.33. The maximum atomic E-state index is 11.1.